The highest BCUT2D eigenvalue weighted by atomic mass is 19.1. The number of halogens is 1. The fourth-order valence-electron chi connectivity index (χ4n) is 4.41. The molecule has 4 aromatic rings. The molecule has 2 aromatic carbocycles. The van der Waals surface area contributed by atoms with Crippen molar-refractivity contribution in [3.8, 4) is 22.8 Å². The number of nitrogens with zero attached hydrogens (tertiary/aromatic N) is 5. The smallest absolute Gasteiger partial charge is 0.258 e. The fourth-order valence-corrected chi connectivity index (χ4v) is 4.41. The Morgan fingerprint density at radius 3 is 2.86 bits per heavy atom. The summed E-state index contributed by atoms with van der Waals surface area (Å²) < 4.78 is 24.8. The van der Waals surface area contributed by atoms with E-state index in [4.69, 9.17) is 4.74 Å². The summed E-state index contributed by atoms with van der Waals surface area (Å²) >= 11 is 0. The zero-order chi connectivity index (χ0) is 23.4. The molecule has 0 saturated heterocycles. The second-order valence-corrected chi connectivity index (χ2v) is 8.97. The Bertz CT molecular complexity index is 1420. The second kappa shape index (κ2) is 8.65. The van der Waals surface area contributed by atoms with Gasteiger partial charge >= 0.3 is 0 Å². The van der Waals surface area contributed by atoms with Gasteiger partial charge in [0, 0.05) is 12.1 Å². The standard InChI is InChI=1S/C25H23FN6O2.CH4/c1-14-8-19(26)18(9-22(14)31-11-21(27-12-31)16-6-7-16)25(33)29-20-5-3-4-17-23(20)34-15(2)10-32-13-28-30-24(17)32;/h3-5,8-9,11-13,15-16H,6-7,10H2,1-2H3,(H,29,33);1H4/t15-;/m0./s1. The molecule has 1 aliphatic carbocycles. The van der Waals surface area contributed by atoms with Crippen molar-refractivity contribution >= 4 is 11.6 Å². The highest BCUT2D eigenvalue weighted by Gasteiger charge is 2.27. The average molecular weight is 475 g/mol. The van der Waals surface area contributed by atoms with Crippen LogP contribution in [0.1, 0.15) is 54.7 Å². The molecule has 35 heavy (non-hydrogen) atoms. The number of aromatic nitrogens is 5. The van der Waals surface area contributed by atoms with Crippen LogP contribution in [0.25, 0.3) is 17.1 Å². The molecule has 0 bridgehead atoms. The number of anilines is 1. The molecule has 2 aromatic heterocycles. The molecule has 8 nitrogen and oxygen atoms in total. The van der Waals surface area contributed by atoms with E-state index < -0.39 is 11.7 Å². The highest BCUT2D eigenvalue weighted by Crippen LogP contribution is 2.40. The molecule has 0 unspecified atom stereocenters. The zero-order valence-corrected chi connectivity index (χ0v) is 18.8. The lowest BCUT2D eigenvalue weighted by molar-refractivity contribution is 0.102. The summed E-state index contributed by atoms with van der Waals surface area (Å²) in [6, 6.07) is 8.35. The van der Waals surface area contributed by atoms with Crippen LogP contribution in [0.5, 0.6) is 5.75 Å². The number of para-hydroxylation sites is 1. The van der Waals surface area contributed by atoms with Gasteiger partial charge in [-0.3, -0.25) is 4.79 Å². The van der Waals surface area contributed by atoms with E-state index in [0.29, 0.717) is 29.7 Å². The van der Waals surface area contributed by atoms with Gasteiger partial charge in [0.05, 0.1) is 41.1 Å². The van der Waals surface area contributed by atoms with Crippen molar-refractivity contribution in [2.24, 2.45) is 0 Å². The highest BCUT2D eigenvalue weighted by molar-refractivity contribution is 6.06. The van der Waals surface area contributed by atoms with E-state index in [-0.39, 0.29) is 19.1 Å². The van der Waals surface area contributed by atoms with E-state index in [2.05, 4.69) is 20.5 Å². The van der Waals surface area contributed by atoms with Crippen LogP contribution in [0.15, 0.2) is 49.2 Å². The number of amides is 1. The third-order valence-corrected chi connectivity index (χ3v) is 6.30. The Morgan fingerprint density at radius 1 is 1.23 bits per heavy atom. The van der Waals surface area contributed by atoms with E-state index in [1.807, 2.05) is 35.2 Å². The van der Waals surface area contributed by atoms with Crippen molar-refractivity contribution in [1.29, 1.82) is 0 Å². The number of nitrogens with one attached hydrogen (secondary N) is 1. The Kier molecular flexibility index (Phi) is 5.62. The van der Waals surface area contributed by atoms with E-state index in [9.17, 15) is 9.18 Å². The Hall–Kier alpha value is -4.01. The maximum Gasteiger partial charge on any atom is 0.258 e. The minimum absolute atomic E-state index is 0. The van der Waals surface area contributed by atoms with E-state index >= 15 is 0 Å². The lowest BCUT2D eigenvalue weighted by Crippen LogP contribution is -2.19. The number of carbonyl (C=O) groups is 1. The number of rotatable bonds is 4. The van der Waals surface area contributed by atoms with Gasteiger partial charge in [0.15, 0.2) is 11.6 Å². The molecule has 1 N–H and O–H groups in total. The van der Waals surface area contributed by atoms with Gasteiger partial charge in [0.1, 0.15) is 18.2 Å². The summed E-state index contributed by atoms with van der Waals surface area (Å²) in [5, 5.41) is 11.1. The van der Waals surface area contributed by atoms with Crippen molar-refractivity contribution < 1.29 is 13.9 Å². The lowest BCUT2D eigenvalue weighted by Gasteiger charge is -2.17. The van der Waals surface area contributed by atoms with Gasteiger partial charge in [0.2, 0.25) is 0 Å². The molecule has 180 valence electrons. The Balaban J connectivity index is 0.00000253. The number of benzene rings is 2. The van der Waals surface area contributed by atoms with E-state index in [1.54, 1.807) is 30.9 Å². The summed E-state index contributed by atoms with van der Waals surface area (Å²) in [4.78, 5) is 17.7. The van der Waals surface area contributed by atoms with Gasteiger partial charge in [-0.2, -0.15) is 0 Å². The van der Waals surface area contributed by atoms with Crippen LogP contribution >= 0.6 is 0 Å². The molecular formula is C26H27FN6O2. The van der Waals surface area contributed by atoms with Crippen molar-refractivity contribution in [1.82, 2.24) is 24.3 Å². The average Bonchev–Trinajstić information content (AvgIpc) is 3.40. The molecule has 1 atom stereocenters. The van der Waals surface area contributed by atoms with Crippen molar-refractivity contribution in [3.05, 3.63) is 71.8 Å². The Morgan fingerprint density at radius 2 is 2.06 bits per heavy atom. The molecule has 1 aliphatic heterocycles. The van der Waals surface area contributed by atoms with Gasteiger partial charge in [-0.05, 0) is 56.5 Å². The monoisotopic (exact) mass is 474 g/mol. The molecule has 3 heterocycles. The maximum atomic E-state index is 14.9. The van der Waals surface area contributed by atoms with Gasteiger partial charge in [-0.1, -0.05) is 13.5 Å². The van der Waals surface area contributed by atoms with Gasteiger partial charge in [-0.25, -0.2) is 9.37 Å². The molecular weight excluding hydrogens is 447 g/mol. The van der Waals surface area contributed by atoms with Crippen LogP contribution in [0, 0.1) is 12.7 Å². The molecule has 2 aliphatic rings. The molecule has 0 radical (unpaired) electrons. The van der Waals surface area contributed by atoms with Crippen molar-refractivity contribution in [2.45, 2.75) is 52.7 Å². The van der Waals surface area contributed by atoms with Crippen LogP contribution in [0.2, 0.25) is 0 Å². The van der Waals surface area contributed by atoms with Crippen molar-refractivity contribution in [3.63, 3.8) is 0 Å². The van der Waals surface area contributed by atoms with E-state index in [1.165, 1.54) is 6.07 Å². The first-order chi connectivity index (χ1) is 16.5. The van der Waals surface area contributed by atoms with Gasteiger partial charge in [0.25, 0.3) is 5.91 Å². The number of hydrogen-bond acceptors (Lipinski definition) is 5. The van der Waals surface area contributed by atoms with Crippen molar-refractivity contribution in [2.75, 3.05) is 5.32 Å². The second-order valence-electron chi connectivity index (χ2n) is 8.97. The number of ether oxygens (including phenoxy) is 1. The molecule has 1 amide bonds. The molecule has 1 saturated carbocycles. The first-order valence-corrected chi connectivity index (χ1v) is 11.3. The number of imidazole rings is 1. The summed E-state index contributed by atoms with van der Waals surface area (Å²) in [5.74, 6) is 0.512. The fraction of sp³-hybridized carbons (Fsp3) is 0.308. The molecule has 6 rings (SSSR count). The van der Waals surface area contributed by atoms with Crippen LogP contribution in [0.4, 0.5) is 10.1 Å². The summed E-state index contributed by atoms with van der Waals surface area (Å²) in [5.41, 5.74) is 3.59. The predicted molar refractivity (Wildman–Crippen MR) is 130 cm³/mol. The van der Waals surface area contributed by atoms with Crippen LogP contribution in [-0.4, -0.2) is 36.3 Å². The predicted octanol–water partition coefficient (Wildman–Crippen LogP) is 5.13. The number of fused-ring (bicyclic) bond motifs is 3. The largest absolute Gasteiger partial charge is 0.486 e. The number of aryl methyl sites for hydroxylation is 1. The van der Waals surface area contributed by atoms with Crippen LogP contribution in [-0.2, 0) is 6.54 Å². The first kappa shape index (κ1) is 22.8. The molecule has 1 fully saturated rings. The van der Waals surface area contributed by atoms with E-state index in [0.717, 1.165) is 35.3 Å². The summed E-state index contributed by atoms with van der Waals surface area (Å²) in [7, 11) is 0. The first-order valence-electron chi connectivity index (χ1n) is 11.3. The summed E-state index contributed by atoms with van der Waals surface area (Å²) in [6.07, 6.45) is 7.46. The third-order valence-electron chi connectivity index (χ3n) is 6.30. The molecule has 0 spiro atoms. The third kappa shape index (κ3) is 4.07. The number of carbonyl (C=O) groups excluding carboxylic acids is 1. The minimum atomic E-state index is -0.586. The molecule has 9 heteroatoms. The minimum Gasteiger partial charge on any atom is -0.486 e. The quantitative estimate of drug-likeness (QED) is 0.443. The SMILES string of the molecule is C.Cc1cc(F)c(C(=O)Nc2cccc3c2O[C@@H](C)Cn2cnnc2-3)cc1-n1cnc(C2CC2)c1. The number of hydrogen-bond donors (Lipinski definition) is 1. The summed E-state index contributed by atoms with van der Waals surface area (Å²) in [6.45, 7) is 4.33. The Labute approximate surface area is 202 Å². The van der Waals surface area contributed by atoms with Gasteiger partial charge in [-0.15, -0.1) is 10.2 Å². The topological polar surface area (TPSA) is 86.9 Å². The normalized spacial score (nSPS) is 16.4. The van der Waals surface area contributed by atoms with Crippen LogP contribution < -0.4 is 10.1 Å². The lowest BCUT2D eigenvalue weighted by atomic mass is 10.1. The van der Waals surface area contributed by atoms with Gasteiger partial charge < -0.3 is 19.2 Å². The maximum absolute atomic E-state index is 14.9. The zero-order valence-electron chi connectivity index (χ0n) is 18.8. The van der Waals surface area contributed by atoms with Crippen LogP contribution in [0.3, 0.4) is 0 Å².